The molecule has 0 saturated carbocycles. The fourth-order valence-electron chi connectivity index (χ4n) is 2.46. The normalized spacial score (nSPS) is 16.1. The molecule has 1 heterocycles. The highest BCUT2D eigenvalue weighted by molar-refractivity contribution is 5.93. The summed E-state index contributed by atoms with van der Waals surface area (Å²) in [6.07, 6.45) is 11.4. The first-order valence-corrected chi connectivity index (χ1v) is 5.97. The van der Waals surface area contributed by atoms with E-state index in [-0.39, 0.29) is 0 Å². The Morgan fingerprint density at radius 2 is 1.94 bits per heavy atom. The Balaban J connectivity index is 2.19. The lowest BCUT2D eigenvalue weighted by molar-refractivity contribution is 0.742. The second kappa shape index (κ2) is 4.09. The molecule has 3 rings (SSSR count). The van der Waals surface area contributed by atoms with E-state index in [1.807, 2.05) is 12.4 Å². The molecule has 0 unspecified atom stereocenters. The van der Waals surface area contributed by atoms with Crippen molar-refractivity contribution in [3.05, 3.63) is 48.3 Å². The number of benzene rings is 1. The van der Waals surface area contributed by atoms with Crippen molar-refractivity contribution in [1.82, 2.24) is 4.98 Å². The van der Waals surface area contributed by atoms with Crippen molar-refractivity contribution in [3.8, 4) is 0 Å². The maximum Gasteiger partial charge on any atom is 0.0349 e. The molecule has 0 spiro atoms. The molecule has 1 aliphatic rings. The fraction of sp³-hybridized carbons (Fsp3) is 0.267. The highest BCUT2D eigenvalue weighted by Crippen LogP contribution is 2.30. The molecule has 1 aromatic carbocycles. The van der Waals surface area contributed by atoms with Crippen molar-refractivity contribution in [1.29, 1.82) is 0 Å². The number of pyridine rings is 1. The topological polar surface area (TPSA) is 12.9 Å². The average Bonchev–Trinajstić information content (AvgIpc) is 2.39. The van der Waals surface area contributed by atoms with E-state index in [4.69, 9.17) is 0 Å². The summed E-state index contributed by atoms with van der Waals surface area (Å²) >= 11 is 0. The summed E-state index contributed by atoms with van der Waals surface area (Å²) in [6.45, 7) is 0. The van der Waals surface area contributed by atoms with E-state index in [2.05, 4.69) is 35.3 Å². The van der Waals surface area contributed by atoms with Crippen LogP contribution in [0.5, 0.6) is 0 Å². The van der Waals surface area contributed by atoms with E-state index >= 15 is 0 Å². The molecule has 0 saturated heterocycles. The van der Waals surface area contributed by atoms with E-state index in [0.29, 0.717) is 0 Å². The first-order chi connectivity index (χ1) is 7.95. The molecule has 16 heavy (non-hydrogen) atoms. The zero-order valence-electron chi connectivity index (χ0n) is 9.32. The van der Waals surface area contributed by atoms with Gasteiger partial charge in [-0.15, -0.1) is 0 Å². The van der Waals surface area contributed by atoms with E-state index in [0.717, 1.165) is 0 Å². The summed E-state index contributed by atoms with van der Waals surface area (Å²) in [4.78, 5) is 4.35. The standard InChI is InChI=1S/C15H15N/c1-2-6-12(7-3-1)15-11-16-10-13-8-4-5-9-14(13)15/h4-6,8-11H,1-3,7H2. The molecule has 1 nitrogen and oxygen atoms in total. The molecule has 0 fully saturated rings. The number of allylic oxidation sites excluding steroid dienone is 2. The van der Waals surface area contributed by atoms with E-state index in [1.54, 1.807) is 0 Å². The number of aromatic nitrogens is 1. The number of fused-ring (bicyclic) bond motifs is 1. The van der Waals surface area contributed by atoms with Crippen LogP contribution in [0.4, 0.5) is 0 Å². The predicted octanol–water partition coefficient (Wildman–Crippen LogP) is 4.19. The Morgan fingerprint density at radius 1 is 1.00 bits per heavy atom. The van der Waals surface area contributed by atoms with Gasteiger partial charge < -0.3 is 0 Å². The highest BCUT2D eigenvalue weighted by Gasteiger charge is 2.09. The van der Waals surface area contributed by atoms with Crippen molar-refractivity contribution in [3.63, 3.8) is 0 Å². The second-order valence-corrected chi connectivity index (χ2v) is 4.38. The van der Waals surface area contributed by atoms with Crippen LogP contribution in [0.25, 0.3) is 16.3 Å². The molecule has 1 heteroatoms. The zero-order chi connectivity index (χ0) is 10.8. The smallest absolute Gasteiger partial charge is 0.0349 e. The molecule has 1 aromatic heterocycles. The summed E-state index contributed by atoms with van der Waals surface area (Å²) in [5.41, 5.74) is 2.81. The Kier molecular flexibility index (Phi) is 2.45. The van der Waals surface area contributed by atoms with Crippen LogP contribution < -0.4 is 0 Å². The van der Waals surface area contributed by atoms with Crippen LogP contribution in [0.3, 0.4) is 0 Å². The maximum absolute atomic E-state index is 4.35. The molecule has 0 bridgehead atoms. The van der Waals surface area contributed by atoms with Crippen molar-refractivity contribution in [2.24, 2.45) is 0 Å². The van der Waals surface area contributed by atoms with Gasteiger partial charge in [-0.05, 0) is 36.6 Å². The van der Waals surface area contributed by atoms with Gasteiger partial charge in [0.1, 0.15) is 0 Å². The van der Waals surface area contributed by atoms with Gasteiger partial charge in [-0.2, -0.15) is 0 Å². The minimum atomic E-state index is 1.20. The fourth-order valence-corrected chi connectivity index (χ4v) is 2.46. The molecule has 2 aromatic rings. The Bertz CT molecular complexity index is 535. The molecular weight excluding hydrogens is 194 g/mol. The van der Waals surface area contributed by atoms with Crippen LogP contribution in [-0.2, 0) is 0 Å². The Morgan fingerprint density at radius 3 is 2.81 bits per heavy atom. The Hall–Kier alpha value is -1.63. The molecule has 80 valence electrons. The highest BCUT2D eigenvalue weighted by atomic mass is 14.6. The van der Waals surface area contributed by atoms with Gasteiger partial charge in [0.2, 0.25) is 0 Å². The van der Waals surface area contributed by atoms with Gasteiger partial charge in [0.15, 0.2) is 0 Å². The number of hydrogen-bond donors (Lipinski definition) is 0. The predicted molar refractivity (Wildman–Crippen MR) is 68.2 cm³/mol. The van der Waals surface area contributed by atoms with Crippen LogP contribution in [0.1, 0.15) is 31.2 Å². The largest absolute Gasteiger partial charge is 0.263 e. The minimum Gasteiger partial charge on any atom is -0.263 e. The van der Waals surface area contributed by atoms with E-state index in [1.165, 1.54) is 47.6 Å². The summed E-state index contributed by atoms with van der Waals surface area (Å²) in [6, 6.07) is 8.51. The SMILES string of the molecule is C1=C(c2cncc3ccccc23)CCCC1. The molecule has 0 radical (unpaired) electrons. The summed E-state index contributed by atoms with van der Waals surface area (Å²) in [5, 5.41) is 2.58. The molecule has 1 aliphatic carbocycles. The molecule has 0 amide bonds. The van der Waals surface area contributed by atoms with E-state index in [9.17, 15) is 0 Å². The lowest BCUT2D eigenvalue weighted by Crippen LogP contribution is -1.93. The van der Waals surface area contributed by atoms with Gasteiger partial charge in [-0.3, -0.25) is 4.98 Å². The van der Waals surface area contributed by atoms with Crippen LogP contribution >= 0.6 is 0 Å². The van der Waals surface area contributed by atoms with Crippen molar-refractivity contribution in [2.75, 3.05) is 0 Å². The third kappa shape index (κ3) is 1.63. The third-order valence-corrected chi connectivity index (χ3v) is 3.31. The van der Waals surface area contributed by atoms with Crippen molar-refractivity contribution in [2.45, 2.75) is 25.7 Å². The monoisotopic (exact) mass is 209 g/mol. The van der Waals surface area contributed by atoms with Gasteiger partial charge in [-0.1, -0.05) is 30.3 Å². The van der Waals surface area contributed by atoms with Gasteiger partial charge in [0.25, 0.3) is 0 Å². The first kappa shape index (κ1) is 9.59. The van der Waals surface area contributed by atoms with Gasteiger partial charge in [0.05, 0.1) is 0 Å². The van der Waals surface area contributed by atoms with Gasteiger partial charge in [0, 0.05) is 23.3 Å². The lowest BCUT2D eigenvalue weighted by Gasteiger charge is -2.14. The van der Waals surface area contributed by atoms with Crippen LogP contribution in [0.2, 0.25) is 0 Å². The van der Waals surface area contributed by atoms with Crippen LogP contribution in [0, 0.1) is 0 Å². The van der Waals surface area contributed by atoms with Gasteiger partial charge >= 0.3 is 0 Å². The number of nitrogens with zero attached hydrogens (tertiary/aromatic N) is 1. The first-order valence-electron chi connectivity index (χ1n) is 5.97. The molecule has 0 atom stereocenters. The average molecular weight is 209 g/mol. The number of rotatable bonds is 1. The van der Waals surface area contributed by atoms with Crippen molar-refractivity contribution < 1.29 is 0 Å². The van der Waals surface area contributed by atoms with E-state index < -0.39 is 0 Å². The van der Waals surface area contributed by atoms with Crippen molar-refractivity contribution >= 4 is 16.3 Å². The summed E-state index contributed by atoms with van der Waals surface area (Å²) < 4.78 is 0. The molecule has 0 N–H and O–H groups in total. The third-order valence-electron chi connectivity index (χ3n) is 3.31. The second-order valence-electron chi connectivity index (χ2n) is 4.38. The zero-order valence-corrected chi connectivity index (χ0v) is 9.32. The number of hydrogen-bond acceptors (Lipinski definition) is 1. The lowest BCUT2D eigenvalue weighted by atomic mass is 9.92. The molecule has 0 aliphatic heterocycles. The van der Waals surface area contributed by atoms with Crippen LogP contribution in [0.15, 0.2) is 42.7 Å². The van der Waals surface area contributed by atoms with Gasteiger partial charge in [-0.25, -0.2) is 0 Å². The summed E-state index contributed by atoms with van der Waals surface area (Å²) in [5.74, 6) is 0. The molecular formula is C15H15N. The quantitative estimate of drug-likeness (QED) is 0.686. The Labute approximate surface area is 95.8 Å². The maximum atomic E-state index is 4.35. The minimum absolute atomic E-state index is 1.20. The van der Waals surface area contributed by atoms with Crippen LogP contribution in [-0.4, -0.2) is 4.98 Å². The summed E-state index contributed by atoms with van der Waals surface area (Å²) in [7, 11) is 0.